The number of nitrogens with zero attached hydrogens (tertiary/aromatic N) is 1. The summed E-state index contributed by atoms with van der Waals surface area (Å²) in [6.07, 6.45) is -0.362. The van der Waals surface area contributed by atoms with E-state index in [1.165, 1.54) is 0 Å². The van der Waals surface area contributed by atoms with Crippen molar-refractivity contribution in [1.82, 2.24) is 5.32 Å². The van der Waals surface area contributed by atoms with Gasteiger partial charge in [-0.25, -0.2) is 4.39 Å². The highest BCUT2D eigenvalue weighted by molar-refractivity contribution is 5.95. The molecule has 2 rings (SSSR count). The van der Waals surface area contributed by atoms with Crippen molar-refractivity contribution in [3.05, 3.63) is 39.4 Å². The van der Waals surface area contributed by atoms with Crippen LogP contribution in [0.25, 0.3) is 0 Å². The van der Waals surface area contributed by atoms with E-state index >= 15 is 0 Å². The molecule has 114 valence electrons. The molecular weight excluding hydrogens is 286 g/mol. The van der Waals surface area contributed by atoms with Crippen LogP contribution >= 0.6 is 0 Å². The zero-order valence-corrected chi connectivity index (χ0v) is 11.4. The average Bonchev–Trinajstić information content (AvgIpc) is 2.38. The molecule has 21 heavy (non-hydrogen) atoms. The number of nitro groups is 1. The highest BCUT2D eigenvalue weighted by Crippen LogP contribution is 2.40. The van der Waals surface area contributed by atoms with Crippen LogP contribution in [0.1, 0.15) is 30.6 Å². The lowest BCUT2D eigenvalue weighted by molar-refractivity contribution is -0.387. The summed E-state index contributed by atoms with van der Waals surface area (Å²) >= 11 is 0. The van der Waals surface area contributed by atoms with E-state index in [0.29, 0.717) is 12.1 Å². The summed E-state index contributed by atoms with van der Waals surface area (Å²) in [6.45, 7) is 3.40. The number of nitro benzene ring substituents is 1. The van der Waals surface area contributed by atoms with Gasteiger partial charge in [0.25, 0.3) is 5.91 Å². The van der Waals surface area contributed by atoms with Crippen LogP contribution < -0.4 is 5.32 Å². The molecule has 2 atom stereocenters. The van der Waals surface area contributed by atoms with Crippen LogP contribution in [0, 0.1) is 27.2 Å². The highest BCUT2D eigenvalue weighted by Gasteiger charge is 2.48. The Kier molecular flexibility index (Phi) is 3.66. The number of benzene rings is 1. The van der Waals surface area contributed by atoms with Crippen molar-refractivity contribution >= 4 is 11.6 Å². The Balaban J connectivity index is 2.28. The maximum absolute atomic E-state index is 13.9. The van der Waals surface area contributed by atoms with E-state index < -0.39 is 51.3 Å². The number of nitrogens with one attached hydrogen (secondary N) is 1. The summed E-state index contributed by atoms with van der Waals surface area (Å²) in [5.74, 6) is -3.75. The van der Waals surface area contributed by atoms with Crippen LogP contribution in [-0.2, 0) is 0 Å². The van der Waals surface area contributed by atoms with Crippen LogP contribution in [0.5, 0.6) is 0 Å². The highest BCUT2D eigenvalue weighted by atomic mass is 19.1. The fraction of sp³-hybridized carbons (Fsp3) is 0.462. The molecule has 0 aromatic heterocycles. The van der Waals surface area contributed by atoms with Gasteiger partial charge >= 0.3 is 5.69 Å². The monoisotopic (exact) mass is 300 g/mol. The molecule has 1 aliphatic carbocycles. The third-order valence-electron chi connectivity index (χ3n) is 4.02. The van der Waals surface area contributed by atoms with Gasteiger partial charge in [-0.05, 0) is 12.5 Å². The quantitative estimate of drug-likeness (QED) is 0.657. The summed E-state index contributed by atoms with van der Waals surface area (Å²) in [6, 6.07) is 0.883. The minimum Gasteiger partial charge on any atom is -0.392 e. The van der Waals surface area contributed by atoms with Crippen LogP contribution in [0.4, 0.5) is 14.5 Å². The number of halogens is 2. The van der Waals surface area contributed by atoms with Gasteiger partial charge in [0, 0.05) is 17.5 Å². The van der Waals surface area contributed by atoms with E-state index in [-0.39, 0.29) is 6.42 Å². The molecule has 1 saturated carbocycles. The maximum atomic E-state index is 13.9. The minimum atomic E-state index is -1.50. The first-order valence-corrected chi connectivity index (χ1v) is 6.27. The summed E-state index contributed by atoms with van der Waals surface area (Å²) < 4.78 is 27.5. The van der Waals surface area contributed by atoms with Crippen molar-refractivity contribution in [1.29, 1.82) is 0 Å². The molecule has 1 aromatic carbocycles. The molecular formula is C13H14F2N2O4. The predicted molar refractivity (Wildman–Crippen MR) is 68.7 cm³/mol. The molecule has 0 bridgehead atoms. The van der Waals surface area contributed by atoms with Crippen LogP contribution in [0.3, 0.4) is 0 Å². The average molecular weight is 300 g/mol. The summed E-state index contributed by atoms with van der Waals surface area (Å²) in [5.41, 5.74) is -2.57. The van der Waals surface area contributed by atoms with Crippen LogP contribution in [0.2, 0.25) is 0 Å². The second kappa shape index (κ2) is 5.03. The topological polar surface area (TPSA) is 92.5 Å². The molecule has 0 spiro atoms. The third-order valence-corrected chi connectivity index (χ3v) is 4.02. The third kappa shape index (κ3) is 2.46. The number of amides is 1. The standard InChI is InChI=1S/C13H14F2N2O4/c1-13(2)8(5-9(13)18)16-12(19)10-6(14)3-4-7(11(10)15)17(20)21/h3-4,8-9,18H,5H2,1-2H3,(H,16,19). The summed E-state index contributed by atoms with van der Waals surface area (Å²) in [4.78, 5) is 21.6. The fourth-order valence-corrected chi connectivity index (χ4v) is 2.27. The molecule has 1 amide bonds. The van der Waals surface area contributed by atoms with Gasteiger partial charge in [0.15, 0.2) is 0 Å². The largest absolute Gasteiger partial charge is 0.392 e. The van der Waals surface area contributed by atoms with Gasteiger partial charge in [-0.3, -0.25) is 14.9 Å². The fourth-order valence-electron chi connectivity index (χ4n) is 2.27. The smallest absolute Gasteiger partial charge is 0.305 e. The molecule has 8 heteroatoms. The molecule has 2 unspecified atom stereocenters. The lowest BCUT2D eigenvalue weighted by Crippen LogP contribution is -2.61. The first-order chi connectivity index (χ1) is 9.66. The lowest BCUT2D eigenvalue weighted by Gasteiger charge is -2.49. The van der Waals surface area contributed by atoms with Crippen molar-refractivity contribution in [2.75, 3.05) is 0 Å². The van der Waals surface area contributed by atoms with Crippen molar-refractivity contribution in [3.8, 4) is 0 Å². The summed E-state index contributed by atoms with van der Waals surface area (Å²) in [5, 5.41) is 22.6. The van der Waals surface area contributed by atoms with Gasteiger partial charge in [0.1, 0.15) is 11.4 Å². The van der Waals surface area contributed by atoms with Crippen LogP contribution in [-0.4, -0.2) is 28.1 Å². The van der Waals surface area contributed by atoms with Gasteiger partial charge in [0.05, 0.1) is 11.0 Å². The first kappa shape index (κ1) is 15.3. The van der Waals surface area contributed by atoms with E-state index in [2.05, 4.69) is 5.32 Å². The van der Waals surface area contributed by atoms with Crippen molar-refractivity contribution in [2.45, 2.75) is 32.4 Å². The minimum absolute atomic E-state index is 0.261. The molecule has 0 radical (unpaired) electrons. The van der Waals surface area contributed by atoms with E-state index in [1.807, 2.05) is 0 Å². The molecule has 0 saturated heterocycles. The molecule has 6 nitrogen and oxygen atoms in total. The number of carbonyl (C=O) groups excluding carboxylic acids is 1. The van der Waals surface area contributed by atoms with E-state index in [9.17, 15) is 28.8 Å². The summed E-state index contributed by atoms with van der Waals surface area (Å²) in [7, 11) is 0. The van der Waals surface area contributed by atoms with Crippen LogP contribution in [0.15, 0.2) is 12.1 Å². The molecule has 1 aliphatic rings. The number of aliphatic hydroxyl groups is 1. The van der Waals surface area contributed by atoms with Crippen molar-refractivity contribution < 1.29 is 23.6 Å². The number of carbonyl (C=O) groups is 1. The number of hydrogen-bond donors (Lipinski definition) is 2. The van der Waals surface area contributed by atoms with Crippen molar-refractivity contribution in [2.24, 2.45) is 5.41 Å². The van der Waals surface area contributed by atoms with Gasteiger partial charge in [0.2, 0.25) is 5.82 Å². The van der Waals surface area contributed by atoms with Gasteiger partial charge in [-0.1, -0.05) is 13.8 Å². The van der Waals surface area contributed by atoms with E-state index in [0.717, 1.165) is 0 Å². The number of rotatable bonds is 3. The molecule has 0 aliphatic heterocycles. The normalized spacial score (nSPS) is 23.3. The molecule has 1 aromatic rings. The molecule has 1 fully saturated rings. The van der Waals surface area contributed by atoms with Crippen molar-refractivity contribution in [3.63, 3.8) is 0 Å². The zero-order chi connectivity index (χ0) is 15.9. The van der Waals surface area contributed by atoms with Gasteiger partial charge < -0.3 is 10.4 Å². The Morgan fingerprint density at radius 1 is 1.48 bits per heavy atom. The van der Waals surface area contributed by atoms with E-state index in [1.54, 1.807) is 13.8 Å². The second-order valence-corrected chi connectivity index (χ2v) is 5.61. The number of hydrogen-bond acceptors (Lipinski definition) is 4. The predicted octanol–water partition coefficient (Wildman–Crippen LogP) is 1.76. The SMILES string of the molecule is CC1(C)C(O)CC1NC(=O)c1c(F)ccc([N+](=O)[O-])c1F. The number of aliphatic hydroxyl groups excluding tert-OH is 1. The first-order valence-electron chi connectivity index (χ1n) is 6.27. The van der Waals surface area contributed by atoms with Gasteiger partial charge in [-0.2, -0.15) is 4.39 Å². The van der Waals surface area contributed by atoms with Gasteiger partial charge in [-0.15, -0.1) is 0 Å². The Bertz CT molecular complexity index is 618. The maximum Gasteiger partial charge on any atom is 0.305 e. The Hall–Kier alpha value is -2.09. The molecule has 0 heterocycles. The van der Waals surface area contributed by atoms with E-state index in [4.69, 9.17) is 0 Å². The second-order valence-electron chi connectivity index (χ2n) is 5.61. The lowest BCUT2D eigenvalue weighted by atomic mass is 9.64. The zero-order valence-electron chi connectivity index (χ0n) is 11.4. The Morgan fingerprint density at radius 3 is 2.57 bits per heavy atom. The molecule has 2 N–H and O–H groups in total. The Labute approximate surface area is 118 Å². The Morgan fingerprint density at radius 2 is 2.10 bits per heavy atom.